The van der Waals surface area contributed by atoms with Crippen LogP contribution in [0.5, 0.6) is 0 Å². The summed E-state index contributed by atoms with van der Waals surface area (Å²) in [7, 11) is 1.83. The Kier molecular flexibility index (Phi) is 3.80. The van der Waals surface area contributed by atoms with E-state index in [1.807, 2.05) is 14.0 Å². The molecule has 1 aromatic heterocycles. The maximum absolute atomic E-state index is 5.95. The van der Waals surface area contributed by atoms with Gasteiger partial charge in [-0.3, -0.25) is 0 Å². The SMILES string of the molecule is CNC(C)c1c(Cl)cnc(Cl)c1Cl. The second-order valence-electron chi connectivity index (χ2n) is 2.63. The molecule has 5 heteroatoms. The van der Waals surface area contributed by atoms with E-state index in [1.165, 1.54) is 6.20 Å². The molecule has 0 saturated heterocycles. The van der Waals surface area contributed by atoms with Crippen LogP contribution in [-0.4, -0.2) is 12.0 Å². The first-order valence-corrected chi connectivity index (χ1v) is 4.88. The Morgan fingerprint density at radius 2 is 2.00 bits per heavy atom. The van der Waals surface area contributed by atoms with Crippen LogP contribution in [0.25, 0.3) is 0 Å². The van der Waals surface area contributed by atoms with E-state index in [0.717, 1.165) is 5.56 Å². The van der Waals surface area contributed by atoms with E-state index in [4.69, 9.17) is 34.8 Å². The lowest BCUT2D eigenvalue weighted by Crippen LogP contribution is -2.13. The third-order valence-electron chi connectivity index (χ3n) is 1.83. The standard InChI is InChI=1S/C8H9Cl3N2/c1-4(12-2)6-5(9)3-13-8(11)7(6)10/h3-4,12H,1-2H3. The molecule has 0 spiro atoms. The van der Waals surface area contributed by atoms with E-state index in [-0.39, 0.29) is 11.2 Å². The lowest BCUT2D eigenvalue weighted by atomic mass is 10.1. The van der Waals surface area contributed by atoms with Crippen LogP contribution in [0.1, 0.15) is 18.5 Å². The number of nitrogens with one attached hydrogen (secondary N) is 1. The Balaban J connectivity index is 3.25. The van der Waals surface area contributed by atoms with Gasteiger partial charge in [-0.15, -0.1) is 0 Å². The maximum Gasteiger partial charge on any atom is 0.148 e. The zero-order valence-electron chi connectivity index (χ0n) is 7.24. The van der Waals surface area contributed by atoms with Crippen molar-refractivity contribution in [3.8, 4) is 0 Å². The molecule has 72 valence electrons. The molecular formula is C8H9Cl3N2. The Hall–Kier alpha value is -0.0200. The van der Waals surface area contributed by atoms with Crippen LogP contribution in [0.4, 0.5) is 0 Å². The first-order valence-electron chi connectivity index (χ1n) is 3.74. The summed E-state index contributed by atoms with van der Waals surface area (Å²) in [6, 6.07) is 0.0560. The Morgan fingerprint density at radius 3 is 2.54 bits per heavy atom. The van der Waals surface area contributed by atoms with Gasteiger partial charge in [0.25, 0.3) is 0 Å². The zero-order chi connectivity index (χ0) is 10.0. The zero-order valence-corrected chi connectivity index (χ0v) is 9.50. The largest absolute Gasteiger partial charge is 0.313 e. The fourth-order valence-corrected chi connectivity index (χ4v) is 1.82. The van der Waals surface area contributed by atoms with Crippen LogP contribution in [0.15, 0.2) is 6.20 Å². The van der Waals surface area contributed by atoms with Crippen molar-refractivity contribution in [3.63, 3.8) is 0 Å². The fraction of sp³-hybridized carbons (Fsp3) is 0.375. The molecule has 1 atom stereocenters. The number of hydrogen-bond donors (Lipinski definition) is 1. The molecule has 2 nitrogen and oxygen atoms in total. The van der Waals surface area contributed by atoms with Gasteiger partial charge in [-0.05, 0) is 14.0 Å². The van der Waals surface area contributed by atoms with E-state index >= 15 is 0 Å². The van der Waals surface area contributed by atoms with E-state index in [0.29, 0.717) is 10.0 Å². The third kappa shape index (κ3) is 2.26. The number of halogens is 3. The van der Waals surface area contributed by atoms with Gasteiger partial charge in [0.15, 0.2) is 0 Å². The normalized spacial score (nSPS) is 13.0. The monoisotopic (exact) mass is 238 g/mol. The van der Waals surface area contributed by atoms with Gasteiger partial charge in [0.2, 0.25) is 0 Å². The highest BCUT2D eigenvalue weighted by atomic mass is 35.5. The molecule has 13 heavy (non-hydrogen) atoms. The molecule has 1 unspecified atom stereocenters. The maximum atomic E-state index is 5.95. The van der Waals surface area contributed by atoms with Crippen LogP contribution >= 0.6 is 34.8 Å². The van der Waals surface area contributed by atoms with Crippen molar-refractivity contribution in [3.05, 3.63) is 27.0 Å². The van der Waals surface area contributed by atoms with Crippen molar-refractivity contribution in [1.82, 2.24) is 10.3 Å². The molecule has 0 aliphatic heterocycles. The Bertz CT molecular complexity index is 315. The summed E-state index contributed by atoms with van der Waals surface area (Å²) < 4.78 is 0. The van der Waals surface area contributed by atoms with Gasteiger partial charge >= 0.3 is 0 Å². The third-order valence-corrected chi connectivity index (χ3v) is 2.90. The molecule has 0 amide bonds. The predicted molar refractivity (Wildman–Crippen MR) is 56.7 cm³/mol. The van der Waals surface area contributed by atoms with Crippen molar-refractivity contribution in [1.29, 1.82) is 0 Å². The van der Waals surface area contributed by atoms with Crippen LogP contribution in [-0.2, 0) is 0 Å². The van der Waals surface area contributed by atoms with Crippen LogP contribution in [0, 0.1) is 0 Å². The van der Waals surface area contributed by atoms with E-state index in [1.54, 1.807) is 0 Å². The quantitative estimate of drug-likeness (QED) is 0.801. The molecule has 0 aromatic carbocycles. The average molecular weight is 240 g/mol. The Morgan fingerprint density at radius 1 is 1.38 bits per heavy atom. The van der Waals surface area contributed by atoms with Crippen molar-refractivity contribution in [2.75, 3.05) is 7.05 Å². The lowest BCUT2D eigenvalue weighted by molar-refractivity contribution is 0.652. The molecule has 1 heterocycles. The van der Waals surface area contributed by atoms with Crippen LogP contribution < -0.4 is 5.32 Å². The molecule has 0 radical (unpaired) electrons. The minimum Gasteiger partial charge on any atom is -0.313 e. The number of rotatable bonds is 2. The van der Waals surface area contributed by atoms with Crippen molar-refractivity contribution in [2.45, 2.75) is 13.0 Å². The van der Waals surface area contributed by atoms with Gasteiger partial charge in [-0.25, -0.2) is 4.98 Å². The second kappa shape index (κ2) is 4.47. The highest BCUT2D eigenvalue weighted by Gasteiger charge is 2.15. The highest BCUT2D eigenvalue weighted by Crippen LogP contribution is 2.33. The summed E-state index contributed by atoms with van der Waals surface area (Å²) >= 11 is 17.6. The fourth-order valence-electron chi connectivity index (χ4n) is 0.997. The summed E-state index contributed by atoms with van der Waals surface area (Å²) in [4.78, 5) is 3.83. The summed E-state index contributed by atoms with van der Waals surface area (Å²) in [6.45, 7) is 1.95. The molecule has 0 fully saturated rings. The van der Waals surface area contributed by atoms with Crippen LogP contribution in [0.3, 0.4) is 0 Å². The van der Waals surface area contributed by atoms with Gasteiger partial charge < -0.3 is 5.32 Å². The van der Waals surface area contributed by atoms with Crippen molar-refractivity contribution < 1.29 is 0 Å². The predicted octanol–water partition coefficient (Wildman–Crippen LogP) is 3.32. The van der Waals surface area contributed by atoms with Gasteiger partial charge in [-0.2, -0.15) is 0 Å². The lowest BCUT2D eigenvalue weighted by Gasteiger charge is -2.14. The molecule has 0 saturated carbocycles. The molecular weight excluding hydrogens is 230 g/mol. The number of nitrogens with zero attached hydrogens (tertiary/aromatic N) is 1. The molecule has 1 aromatic rings. The molecule has 1 rings (SSSR count). The molecule has 0 bridgehead atoms. The second-order valence-corrected chi connectivity index (χ2v) is 3.78. The number of pyridine rings is 1. The van der Waals surface area contributed by atoms with Crippen LogP contribution in [0.2, 0.25) is 15.2 Å². The van der Waals surface area contributed by atoms with E-state index < -0.39 is 0 Å². The van der Waals surface area contributed by atoms with Gasteiger partial charge in [0.05, 0.1) is 10.0 Å². The average Bonchev–Trinajstić information content (AvgIpc) is 2.12. The highest BCUT2D eigenvalue weighted by molar-refractivity contribution is 6.43. The minimum atomic E-state index is 0.0560. The van der Waals surface area contributed by atoms with Gasteiger partial charge in [-0.1, -0.05) is 34.8 Å². The number of aromatic nitrogens is 1. The smallest absolute Gasteiger partial charge is 0.148 e. The van der Waals surface area contributed by atoms with E-state index in [2.05, 4.69) is 10.3 Å². The first kappa shape index (κ1) is 11.1. The van der Waals surface area contributed by atoms with E-state index in [9.17, 15) is 0 Å². The molecule has 1 N–H and O–H groups in total. The van der Waals surface area contributed by atoms with Crippen molar-refractivity contribution >= 4 is 34.8 Å². The molecule has 0 aliphatic rings. The summed E-state index contributed by atoms with van der Waals surface area (Å²) in [5.41, 5.74) is 0.783. The minimum absolute atomic E-state index is 0.0560. The summed E-state index contributed by atoms with van der Waals surface area (Å²) in [5, 5.41) is 4.25. The van der Waals surface area contributed by atoms with Gasteiger partial charge in [0, 0.05) is 17.8 Å². The van der Waals surface area contributed by atoms with Crippen molar-refractivity contribution in [2.24, 2.45) is 0 Å². The molecule has 0 aliphatic carbocycles. The topological polar surface area (TPSA) is 24.9 Å². The number of hydrogen-bond acceptors (Lipinski definition) is 2. The first-order chi connectivity index (χ1) is 6.07. The van der Waals surface area contributed by atoms with Gasteiger partial charge in [0.1, 0.15) is 5.15 Å². The summed E-state index contributed by atoms with van der Waals surface area (Å²) in [5.74, 6) is 0. The Labute approximate surface area is 92.2 Å². The summed E-state index contributed by atoms with van der Waals surface area (Å²) in [6.07, 6.45) is 1.50.